The summed E-state index contributed by atoms with van der Waals surface area (Å²) >= 11 is 1.62. The summed E-state index contributed by atoms with van der Waals surface area (Å²) in [6.45, 7) is 2.18. The zero-order valence-corrected chi connectivity index (χ0v) is 12.9. The number of nitrogens with zero attached hydrogens (tertiary/aromatic N) is 3. The summed E-state index contributed by atoms with van der Waals surface area (Å²) in [6.07, 6.45) is 3.29. The van der Waals surface area contributed by atoms with Crippen molar-refractivity contribution >= 4 is 22.7 Å². The van der Waals surface area contributed by atoms with E-state index in [1.807, 2.05) is 18.2 Å². The maximum atomic E-state index is 4.66. The molecule has 1 N–H and O–H groups in total. The number of aromatic amines is 1. The van der Waals surface area contributed by atoms with E-state index in [2.05, 4.69) is 45.3 Å². The smallest absolute Gasteiger partial charge is 0.208 e. The molecule has 0 fully saturated rings. The van der Waals surface area contributed by atoms with Crippen molar-refractivity contribution in [3.63, 3.8) is 0 Å². The van der Waals surface area contributed by atoms with Crippen molar-refractivity contribution < 1.29 is 0 Å². The molecule has 0 amide bonds. The number of fused-ring (bicyclic) bond motifs is 1. The minimum absolute atomic E-state index is 0.788. The van der Waals surface area contributed by atoms with Gasteiger partial charge in [-0.3, -0.25) is 10.1 Å². The molecule has 3 rings (SSSR count). The fourth-order valence-corrected chi connectivity index (χ4v) is 2.85. The molecule has 0 saturated heterocycles. The fraction of sp³-hybridized carbons (Fsp3) is 0.312. The van der Waals surface area contributed by atoms with Crippen molar-refractivity contribution in [2.24, 2.45) is 0 Å². The number of unbranched alkanes of at least 4 members (excludes halogenated alkanes) is 1. The molecule has 3 aromatic rings. The summed E-state index contributed by atoms with van der Waals surface area (Å²) in [6, 6.07) is 12.3. The third kappa shape index (κ3) is 3.61. The van der Waals surface area contributed by atoms with Crippen LogP contribution in [-0.4, -0.2) is 20.2 Å². The second kappa shape index (κ2) is 6.72. The number of aryl methyl sites for hydroxylation is 1. The fourth-order valence-electron chi connectivity index (χ4n) is 2.13. The summed E-state index contributed by atoms with van der Waals surface area (Å²) in [4.78, 5) is 9.15. The number of hydrogen-bond donors (Lipinski definition) is 1. The Kier molecular flexibility index (Phi) is 4.50. The first kappa shape index (κ1) is 14.1. The zero-order valence-electron chi connectivity index (χ0n) is 12.0. The lowest BCUT2D eigenvalue weighted by Gasteiger charge is -2.01. The van der Waals surface area contributed by atoms with Gasteiger partial charge in [0.05, 0.1) is 11.2 Å². The number of nitrogens with one attached hydrogen (secondary N) is 1. The SMILES string of the molecule is CCCCc1nc(SCc2ccc3ccccc3n2)n[nH]1. The quantitative estimate of drug-likeness (QED) is 0.699. The van der Waals surface area contributed by atoms with E-state index < -0.39 is 0 Å². The van der Waals surface area contributed by atoms with Crippen LogP contribution in [0.15, 0.2) is 41.6 Å². The van der Waals surface area contributed by atoms with Crippen LogP contribution in [0.3, 0.4) is 0 Å². The van der Waals surface area contributed by atoms with Gasteiger partial charge in [0.1, 0.15) is 5.82 Å². The van der Waals surface area contributed by atoms with Crippen molar-refractivity contribution in [3.05, 3.63) is 47.9 Å². The zero-order chi connectivity index (χ0) is 14.5. The normalized spacial score (nSPS) is 11.1. The van der Waals surface area contributed by atoms with Crippen molar-refractivity contribution in [2.75, 3.05) is 0 Å². The summed E-state index contributed by atoms with van der Waals surface area (Å²) in [5.74, 6) is 1.77. The van der Waals surface area contributed by atoms with E-state index in [1.165, 1.54) is 11.8 Å². The number of aromatic nitrogens is 4. The molecule has 0 radical (unpaired) electrons. The molecule has 2 heterocycles. The lowest BCUT2D eigenvalue weighted by atomic mass is 10.2. The lowest BCUT2D eigenvalue weighted by molar-refractivity contribution is 0.755. The Morgan fingerprint density at radius 1 is 1.10 bits per heavy atom. The number of pyridine rings is 1. The summed E-state index contributed by atoms with van der Waals surface area (Å²) in [5.41, 5.74) is 2.09. The molecule has 1 aromatic carbocycles. The molecule has 5 heteroatoms. The minimum Gasteiger partial charge on any atom is -0.262 e. The second-order valence-corrected chi connectivity index (χ2v) is 5.89. The number of H-pyrrole nitrogens is 1. The van der Waals surface area contributed by atoms with Crippen LogP contribution in [0.5, 0.6) is 0 Å². The molecule has 0 aliphatic rings. The van der Waals surface area contributed by atoms with Gasteiger partial charge in [0.2, 0.25) is 5.16 Å². The third-order valence-electron chi connectivity index (χ3n) is 3.28. The van der Waals surface area contributed by atoms with Gasteiger partial charge in [-0.15, -0.1) is 5.10 Å². The molecule has 0 spiro atoms. The van der Waals surface area contributed by atoms with E-state index in [0.717, 1.165) is 40.8 Å². The Morgan fingerprint density at radius 3 is 2.90 bits per heavy atom. The molecule has 0 unspecified atom stereocenters. The molecule has 4 nitrogen and oxygen atoms in total. The largest absolute Gasteiger partial charge is 0.262 e. The highest BCUT2D eigenvalue weighted by molar-refractivity contribution is 7.98. The molecule has 108 valence electrons. The van der Waals surface area contributed by atoms with E-state index in [9.17, 15) is 0 Å². The van der Waals surface area contributed by atoms with Crippen molar-refractivity contribution in [1.29, 1.82) is 0 Å². The van der Waals surface area contributed by atoms with Gasteiger partial charge >= 0.3 is 0 Å². The van der Waals surface area contributed by atoms with E-state index in [0.29, 0.717) is 0 Å². The van der Waals surface area contributed by atoms with E-state index >= 15 is 0 Å². The van der Waals surface area contributed by atoms with Crippen LogP contribution < -0.4 is 0 Å². The van der Waals surface area contributed by atoms with Gasteiger partial charge in [-0.1, -0.05) is 49.4 Å². The van der Waals surface area contributed by atoms with Gasteiger partial charge in [0.15, 0.2) is 0 Å². The molecule has 0 saturated carbocycles. The third-order valence-corrected chi connectivity index (χ3v) is 4.16. The van der Waals surface area contributed by atoms with Crippen LogP contribution >= 0.6 is 11.8 Å². The molecule has 0 aliphatic carbocycles. The van der Waals surface area contributed by atoms with Gasteiger partial charge in [-0.2, -0.15) is 0 Å². The molecular weight excluding hydrogens is 280 g/mol. The average Bonchev–Trinajstić information content (AvgIpc) is 2.98. The Balaban J connectivity index is 1.64. The molecule has 0 atom stereocenters. The number of rotatable bonds is 6. The number of benzene rings is 1. The monoisotopic (exact) mass is 298 g/mol. The lowest BCUT2D eigenvalue weighted by Crippen LogP contribution is -1.89. The first-order chi connectivity index (χ1) is 10.3. The van der Waals surface area contributed by atoms with Gasteiger partial charge in [0.25, 0.3) is 0 Å². The summed E-state index contributed by atoms with van der Waals surface area (Å²) in [5, 5.41) is 9.22. The predicted octanol–water partition coefficient (Wildman–Crippen LogP) is 3.99. The topological polar surface area (TPSA) is 54.5 Å². The highest BCUT2D eigenvalue weighted by Gasteiger charge is 2.05. The summed E-state index contributed by atoms with van der Waals surface area (Å²) < 4.78 is 0. The maximum Gasteiger partial charge on any atom is 0.208 e. The van der Waals surface area contributed by atoms with Crippen LogP contribution in [0.2, 0.25) is 0 Å². The number of hydrogen-bond acceptors (Lipinski definition) is 4. The summed E-state index contributed by atoms with van der Waals surface area (Å²) in [7, 11) is 0. The van der Waals surface area contributed by atoms with E-state index in [1.54, 1.807) is 11.8 Å². The van der Waals surface area contributed by atoms with Crippen LogP contribution in [0.4, 0.5) is 0 Å². The van der Waals surface area contributed by atoms with Crippen LogP contribution in [0.25, 0.3) is 10.9 Å². The van der Waals surface area contributed by atoms with E-state index in [-0.39, 0.29) is 0 Å². The van der Waals surface area contributed by atoms with Crippen molar-refractivity contribution in [1.82, 2.24) is 20.2 Å². The Bertz CT molecular complexity index is 723. The van der Waals surface area contributed by atoms with Crippen LogP contribution in [0.1, 0.15) is 31.3 Å². The Hall–Kier alpha value is -1.88. The second-order valence-electron chi connectivity index (χ2n) is 4.95. The van der Waals surface area contributed by atoms with Crippen LogP contribution in [0, 0.1) is 0 Å². The number of thioether (sulfide) groups is 1. The first-order valence-corrected chi connectivity index (χ1v) is 8.22. The van der Waals surface area contributed by atoms with Crippen molar-refractivity contribution in [3.8, 4) is 0 Å². The van der Waals surface area contributed by atoms with Crippen molar-refractivity contribution in [2.45, 2.75) is 37.1 Å². The number of para-hydroxylation sites is 1. The molecule has 0 bridgehead atoms. The van der Waals surface area contributed by atoms with E-state index in [4.69, 9.17) is 0 Å². The molecule has 2 aromatic heterocycles. The van der Waals surface area contributed by atoms with Crippen LogP contribution in [-0.2, 0) is 12.2 Å². The van der Waals surface area contributed by atoms with Gasteiger partial charge in [-0.25, -0.2) is 4.98 Å². The van der Waals surface area contributed by atoms with Gasteiger partial charge < -0.3 is 0 Å². The minimum atomic E-state index is 0.788. The first-order valence-electron chi connectivity index (χ1n) is 7.24. The highest BCUT2D eigenvalue weighted by Crippen LogP contribution is 2.20. The molecular formula is C16H18N4S. The molecule has 21 heavy (non-hydrogen) atoms. The van der Waals surface area contributed by atoms with Gasteiger partial charge in [0, 0.05) is 17.6 Å². The Labute approximate surface area is 128 Å². The maximum absolute atomic E-state index is 4.66. The highest BCUT2D eigenvalue weighted by atomic mass is 32.2. The standard InChI is InChI=1S/C16H18N4S/c1-2-3-8-15-18-16(20-19-15)21-11-13-10-9-12-6-4-5-7-14(12)17-13/h4-7,9-10H,2-3,8,11H2,1H3,(H,18,19,20). The van der Waals surface area contributed by atoms with Gasteiger partial charge in [-0.05, 0) is 18.6 Å². The average molecular weight is 298 g/mol. The Morgan fingerprint density at radius 2 is 2.00 bits per heavy atom. The molecule has 0 aliphatic heterocycles. The predicted molar refractivity (Wildman–Crippen MR) is 86.3 cm³/mol.